The Morgan fingerprint density at radius 2 is 1.85 bits per heavy atom. The minimum atomic E-state index is 0.260. The number of hydrogen-bond donors (Lipinski definition) is 0. The third-order valence-corrected chi connectivity index (χ3v) is 2.81. The Labute approximate surface area is 82.9 Å². The quantitative estimate of drug-likeness (QED) is 0.524. The molecule has 0 saturated carbocycles. The van der Waals surface area contributed by atoms with E-state index >= 15 is 0 Å². The number of aldehydes is 1. The molecule has 2 unspecified atom stereocenters. The molecule has 0 aliphatic rings. The maximum atomic E-state index is 10.4. The van der Waals surface area contributed by atoms with Crippen LogP contribution >= 0.6 is 0 Å². The van der Waals surface area contributed by atoms with E-state index in [9.17, 15) is 4.79 Å². The number of rotatable bonds is 8. The first kappa shape index (κ1) is 12.7. The Morgan fingerprint density at radius 3 is 2.31 bits per heavy atom. The van der Waals surface area contributed by atoms with Crippen LogP contribution < -0.4 is 0 Å². The van der Waals surface area contributed by atoms with E-state index in [1.54, 1.807) is 0 Å². The molecule has 0 amide bonds. The summed E-state index contributed by atoms with van der Waals surface area (Å²) in [6.07, 6.45) is 8.63. The minimum absolute atomic E-state index is 0.260. The molecule has 13 heavy (non-hydrogen) atoms. The Morgan fingerprint density at radius 1 is 1.15 bits per heavy atom. The summed E-state index contributed by atoms with van der Waals surface area (Å²) in [4.78, 5) is 10.4. The number of hydrogen-bond acceptors (Lipinski definition) is 1. The highest BCUT2D eigenvalue weighted by molar-refractivity contribution is 5.52. The predicted octanol–water partition coefficient (Wildman–Crippen LogP) is 3.82. The highest BCUT2D eigenvalue weighted by Gasteiger charge is 2.07. The van der Waals surface area contributed by atoms with Crippen molar-refractivity contribution >= 4 is 6.29 Å². The average molecular weight is 184 g/mol. The Bertz CT molecular complexity index is 120. The zero-order valence-corrected chi connectivity index (χ0v) is 9.38. The number of carbonyl (C=O) groups excluding carboxylic acids is 1. The molecule has 0 aromatic carbocycles. The van der Waals surface area contributed by atoms with Crippen LogP contribution in [0.15, 0.2) is 0 Å². The summed E-state index contributed by atoms with van der Waals surface area (Å²) >= 11 is 0. The molecular formula is C12H24O. The van der Waals surface area contributed by atoms with Gasteiger partial charge >= 0.3 is 0 Å². The van der Waals surface area contributed by atoms with Gasteiger partial charge in [0.1, 0.15) is 6.29 Å². The third-order valence-electron chi connectivity index (χ3n) is 2.81. The van der Waals surface area contributed by atoms with E-state index in [0.717, 1.165) is 18.6 Å². The van der Waals surface area contributed by atoms with Gasteiger partial charge < -0.3 is 4.79 Å². The number of unbranched alkanes of at least 4 members (excludes halogenated alkanes) is 1. The van der Waals surface area contributed by atoms with Crippen molar-refractivity contribution in [3.05, 3.63) is 0 Å². The van der Waals surface area contributed by atoms with Gasteiger partial charge in [0.05, 0.1) is 0 Å². The molecule has 0 aromatic heterocycles. The monoisotopic (exact) mass is 184 g/mol. The summed E-state index contributed by atoms with van der Waals surface area (Å²) < 4.78 is 0. The van der Waals surface area contributed by atoms with Crippen LogP contribution in [0.2, 0.25) is 0 Å². The standard InChI is InChI=1S/C12H24O/c1-4-6-7-12(5-2)9-8-11(3)10-13/h10-12H,4-9H2,1-3H3. The van der Waals surface area contributed by atoms with Crippen LogP contribution in [-0.4, -0.2) is 6.29 Å². The molecule has 0 spiro atoms. The molecule has 0 fully saturated rings. The van der Waals surface area contributed by atoms with Crippen molar-refractivity contribution in [2.24, 2.45) is 11.8 Å². The van der Waals surface area contributed by atoms with Crippen LogP contribution in [0.3, 0.4) is 0 Å². The van der Waals surface area contributed by atoms with E-state index in [2.05, 4.69) is 13.8 Å². The van der Waals surface area contributed by atoms with Crippen LogP contribution in [0.25, 0.3) is 0 Å². The second-order valence-corrected chi connectivity index (χ2v) is 4.11. The van der Waals surface area contributed by atoms with E-state index in [1.807, 2.05) is 6.92 Å². The SMILES string of the molecule is CCCCC(CC)CCC(C)C=O. The lowest BCUT2D eigenvalue weighted by molar-refractivity contribution is -0.110. The maximum absolute atomic E-state index is 10.4. The van der Waals surface area contributed by atoms with E-state index in [4.69, 9.17) is 0 Å². The summed E-state index contributed by atoms with van der Waals surface area (Å²) in [5.74, 6) is 1.11. The maximum Gasteiger partial charge on any atom is 0.122 e. The van der Waals surface area contributed by atoms with Crippen molar-refractivity contribution in [2.45, 2.75) is 59.3 Å². The van der Waals surface area contributed by atoms with Crippen molar-refractivity contribution in [3.63, 3.8) is 0 Å². The first-order valence-corrected chi connectivity index (χ1v) is 5.69. The van der Waals surface area contributed by atoms with Gasteiger partial charge in [-0.3, -0.25) is 0 Å². The molecule has 0 heterocycles. The fourth-order valence-electron chi connectivity index (χ4n) is 1.61. The van der Waals surface area contributed by atoms with Gasteiger partial charge in [-0.05, 0) is 18.8 Å². The topological polar surface area (TPSA) is 17.1 Å². The van der Waals surface area contributed by atoms with E-state index < -0.39 is 0 Å². The molecule has 0 aliphatic carbocycles. The lowest BCUT2D eigenvalue weighted by Crippen LogP contribution is -2.03. The Balaban J connectivity index is 3.52. The highest BCUT2D eigenvalue weighted by Crippen LogP contribution is 2.20. The van der Waals surface area contributed by atoms with Crippen LogP contribution in [0.5, 0.6) is 0 Å². The van der Waals surface area contributed by atoms with E-state index in [0.29, 0.717) is 0 Å². The lowest BCUT2D eigenvalue weighted by atomic mass is 9.91. The predicted molar refractivity (Wildman–Crippen MR) is 57.8 cm³/mol. The summed E-state index contributed by atoms with van der Waals surface area (Å²) in [6.45, 7) is 6.51. The van der Waals surface area contributed by atoms with Gasteiger partial charge in [0.15, 0.2) is 0 Å². The minimum Gasteiger partial charge on any atom is -0.303 e. The summed E-state index contributed by atoms with van der Waals surface area (Å²) in [5.41, 5.74) is 0. The smallest absolute Gasteiger partial charge is 0.122 e. The van der Waals surface area contributed by atoms with Crippen LogP contribution in [-0.2, 0) is 4.79 Å². The van der Waals surface area contributed by atoms with Crippen LogP contribution in [0.4, 0.5) is 0 Å². The van der Waals surface area contributed by atoms with Gasteiger partial charge in [-0.15, -0.1) is 0 Å². The van der Waals surface area contributed by atoms with Crippen molar-refractivity contribution < 1.29 is 4.79 Å². The second kappa shape index (κ2) is 8.28. The van der Waals surface area contributed by atoms with Crippen LogP contribution in [0.1, 0.15) is 59.3 Å². The van der Waals surface area contributed by atoms with Gasteiger partial charge in [0, 0.05) is 5.92 Å². The van der Waals surface area contributed by atoms with Crippen LogP contribution in [0, 0.1) is 11.8 Å². The van der Waals surface area contributed by atoms with Crippen molar-refractivity contribution in [1.82, 2.24) is 0 Å². The van der Waals surface area contributed by atoms with E-state index in [-0.39, 0.29) is 5.92 Å². The molecular weight excluding hydrogens is 160 g/mol. The van der Waals surface area contributed by atoms with Gasteiger partial charge in [-0.1, -0.05) is 46.5 Å². The fraction of sp³-hybridized carbons (Fsp3) is 0.917. The normalized spacial score (nSPS) is 15.3. The fourth-order valence-corrected chi connectivity index (χ4v) is 1.61. The molecule has 1 nitrogen and oxygen atoms in total. The second-order valence-electron chi connectivity index (χ2n) is 4.11. The first-order chi connectivity index (χ1) is 6.24. The summed E-state index contributed by atoms with van der Waals surface area (Å²) in [7, 11) is 0. The van der Waals surface area contributed by atoms with Gasteiger partial charge in [0.25, 0.3) is 0 Å². The highest BCUT2D eigenvalue weighted by atomic mass is 16.1. The first-order valence-electron chi connectivity index (χ1n) is 5.69. The zero-order valence-electron chi connectivity index (χ0n) is 9.38. The molecule has 0 radical (unpaired) electrons. The van der Waals surface area contributed by atoms with Crippen molar-refractivity contribution in [1.29, 1.82) is 0 Å². The van der Waals surface area contributed by atoms with Gasteiger partial charge in [0.2, 0.25) is 0 Å². The van der Waals surface area contributed by atoms with Crippen molar-refractivity contribution in [3.8, 4) is 0 Å². The molecule has 78 valence electrons. The van der Waals surface area contributed by atoms with Crippen molar-refractivity contribution in [2.75, 3.05) is 0 Å². The number of carbonyl (C=O) groups is 1. The summed E-state index contributed by atoms with van der Waals surface area (Å²) in [6, 6.07) is 0. The van der Waals surface area contributed by atoms with Gasteiger partial charge in [-0.25, -0.2) is 0 Å². The molecule has 0 N–H and O–H groups in total. The molecule has 1 heteroatoms. The molecule has 0 saturated heterocycles. The third kappa shape index (κ3) is 6.80. The van der Waals surface area contributed by atoms with E-state index in [1.165, 1.54) is 32.1 Å². The molecule has 0 rings (SSSR count). The zero-order chi connectivity index (χ0) is 10.1. The molecule has 0 bridgehead atoms. The molecule has 2 atom stereocenters. The molecule has 0 aromatic rings. The Hall–Kier alpha value is -0.330. The molecule has 0 aliphatic heterocycles. The average Bonchev–Trinajstić information content (AvgIpc) is 2.17. The Kier molecular flexibility index (Phi) is 8.07. The lowest BCUT2D eigenvalue weighted by Gasteiger charge is -2.14. The summed E-state index contributed by atoms with van der Waals surface area (Å²) in [5, 5.41) is 0. The largest absolute Gasteiger partial charge is 0.303 e. The van der Waals surface area contributed by atoms with Gasteiger partial charge in [-0.2, -0.15) is 0 Å².